The van der Waals surface area contributed by atoms with Crippen LogP contribution in [0, 0.1) is 13.1 Å². The molecule has 0 N–H and O–H groups in total. The highest BCUT2D eigenvalue weighted by molar-refractivity contribution is 6.12. The predicted octanol–water partition coefficient (Wildman–Crippen LogP) is 15.9. The quantitative estimate of drug-likeness (QED) is 0.114. The molecule has 1 aromatic heterocycles. The average Bonchev–Trinajstić information content (AvgIpc) is 3.73. The Balaban J connectivity index is 1.28. The smallest absolute Gasteiger partial charge is 0.187 e. The molecule has 4 heteroatoms. The van der Waals surface area contributed by atoms with Crippen LogP contribution in [0.1, 0.15) is 98.2 Å². The number of nitrogens with zero attached hydrogens (tertiary/aromatic N) is 3. The van der Waals surface area contributed by atoms with E-state index < -0.39 is 0 Å². The van der Waals surface area contributed by atoms with Crippen molar-refractivity contribution in [2.75, 3.05) is 4.90 Å². The van der Waals surface area contributed by atoms with Crippen molar-refractivity contribution in [3.8, 4) is 11.1 Å². The first-order valence-corrected chi connectivity index (χ1v) is 20.2. The molecule has 0 saturated carbocycles. The largest absolute Gasteiger partial charge is 0.456 e. The van der Waals surface area contributed by atoms with Crippen LogP contribution < -0.4 is 4.90 Å². The molecule has 4 nitrogen and oxygen atoms in total. The van der Waals surface area contributed by atoms with Crippen molar-refractivity contribution in [3.05, 3.63) is 207 Å². The van der Waals surface area contributed by atoms with E-state index in [1.54, 1.807) is 0 Å². The van der Waals surface area contributed by atoms with Gasteiger partial charge in [0.1, 0.15) is 11.2 Å². The van der Waals surface area contributed by atoms with Crippen molar-refractivity contribution >= 4 is 50.4 Å². The summed E-state index contributed by atoms with van der Waals surface area (Å²) in [6.45, 7) is 28.8. The molecule has 58 heavy (non-hydrogen) atoms. The van der Waals surface area contributed by atoms with Crippen LogP contribution in [0.3, 0.4) is 0 Å². The van der Waals surface area contributed by atoms with Gasteiger partial charge in [0.25, 0.3) is 0 Å². The Morgan fingerprint density at radius 3 is 1.64 bits per heavy atom. The molecule has 0 radical (unpaired) electrons. The van der Waals surface area contributed by atoms with E-state index in [2.05, 4.69) is 165 Å². The number of para-hydroxylation sites is 1. The van der Waals surface area contributed by atoms with Crippen LogP contribution in [0.15, 0.2) is 150 Å². The fourth-order valence-electron chi connectivity index (χ4n) is 9.06. The van der Waals surface area contributed by atoms with Crippen molar-refractivity contribution in [1.29, 1.82) is 0 Å². The van der Waals surface area contributed by atoms with Crippen molar-refractivity contribution in [2.45, 2.75) is 64.7 Å². The van der Waals surface area contributed by atoms with Crippen LogP contribution in [0.4, 0.5) is 28.4 Å². The van der Waals surface area contributed by atoms with Gasteiger partial charge in [-0.05, 0) is 105 Å². The Morgan fingerprint density at radius 2 is 1.05 bits per heavy atom. The van der Waals surface area contributed by atoms with Crippen LogP contribution in [-0.2, 0) is 5.41 Å². The van der Waals surface area contributed by atoms with Gasteiger partial charge >= 0.3 is 0 Å². The molecule has 0 bridgehead atoms. The van der Waals surface area contributed by atoms with E-state index in [4.69, 9.17) is 17.6 Å². The van der Waals surface area contributed by atoms with Crippen molar-refractivity contribution in [3.63, 3.8) is 0 Å². The number of hydrogen-bond acceptors (Lipinski definition) is 2. The summed E-state index contributed by atoms with van der Waals surface area (Å²) >= 11 is 0. The van der Waals surface area contributed by atoms with Crippen LogP contribution in [0.2, 0.25) is 0 Å². The summed E-state index contributed by atoms with van der Waals surface area (Å²) in [5.41, 5.74) is 16.7. The molecule has 0 saturated heterocycles. The Bertz CT molecular complexity index is 2920. The molecule has 1 heterocycles. The maximum Gasteiger partial charge on any atom is 0.187 e. The lowest BCUT2D eigenvalue weighted by molar-refractivity contribution is 0.652. The maximum atomic E-state index is 7.65. The maximum absolute atomic E-state index is 7.65. The van der Waals surface area contributed by atoms with Crippen LogP contribution in [-0.4, -0.2) is 0 Å². The van der Waals surface area contributed by atoms with Gasteiger partial charge in [-0.15, -0.1) is 0 Å². The molecule has 7 aromatic carbocycles. The fraction of sp³-hybridized carbons (Fsp3) is 0.185. The van der Waals surface area contributed by atoms with E-state index in [1.807, 2.05) is 36.4 Å². The molecule has 0 fully saturated rings. The summed E-state index contributed by atoms with van der Waals surface area (Å²) in [5, 5.41) is 2.27. The Kier molecular flexibility index (Phi) is 9.03. The predicted molar refractivity (Wildman–Crippen MR) is 240 cm³/mol. The Hall–Kier alpha value is -6.88. The van der Waals surface area contributed by atoms with Crippen molar-refractivity contribution in [2.24, 2.45) is 0 Å². The standard InChI is InChI=1S/C54H45N3O/c1-33(2)35-13-15-37(16-14-35)50(38-17-21-39(55-7)22-18-38)47-32-46-44-30-29-43(31-48(44)54(5,6)52(46)51-45-11-9-10-12-49(45)58-53(47)51)57(42-27-23-40(56-8)24-28-42)41-25-19-36(20-26-41)34(3)4/h9-34,50H,1-6H3. The van der Waals surface area contributed by atoms with Crippen molar-refractivity contribution in [1.82, 2.24) is 0 Å². The Labute approximate surface area is 341 Å². The molecule has 1 aliphatic carbocycles. The zero-order valence-corrected chi connectivity index (χ0v) is 33.8. The lowest BCUT2D eigenvalue weighted by Gasteiger charge is -2.28. The van der Waals surface area contributed by atoms with E-state index in [-0.39, 0.29) is 11.3 Å². The van der Waals surface area contributed by atoms with Gasteiger partial charge in [0.05, 0.1) is 13.1 Å². The molecule has 0 spiro atoms. The number of furan rings is 1. The van der Waals surface area contributed by atoms with E-state index >= 15 is 0 Å². The molecule has 1 atom stereocenters. The van der Waals surface area contributed by atoms with E-state index in [0.717, 1.165) is 50.1 Å². The highest BCUT2D eigenvalue weighted by atomic mass is 16.3. The average molecular weight is 752 g/mol. The fourth-order valence-corrected chi connectivity index (χ4v) is 9.06. The molecule has 0 aliphatic heterocycles. The van der Waals surface area contributed by atoms with Gasteiger partial charge in [-0.3, -0.25) is 0 Å². The highest BCUT2D eigenvalue weighted by Gasteiger charge is 2.40. The summed E-state index contributed by atoms with van der Waals surface area (Å²) in [6, 6.07) is 51.6. The molecule has 8 aromatic rings. The van der Waals surface area contributed by atoms with Gasteiger partial charge in [-0.25, -0.2) is 9.69 Å². The second-order valence-corrected chi connectivity index (χ2v) is 16.7. The first kappa shape index (κ1) is 36.7. The van der Waals surface area contributed by atoms with Gasteiger partial charge in [0.15, 0.2) is 11.4 Å². The van der Waals surface area contributed by atoms with E-state index in [1.165, 1.54) is 38.9 Å². The Morgan fingerprint density at radius 1 is 0.552 bits per heavy atom. The topological polar surface area (TPSA) is 25.1 Å². The molecular weight excluding hydrogens is 707 g/mol. The number of fused-ring (bicyclic) bond motifs is 7. The molecule has 1 aliphatic rings. The highest BCUT2D eigenvalue weighted by Crippen LogP contribution is 2.56. The molecule has 1 unspecified atom stereocenters. The minimum absolute atomic E-state index is 0.136. The lowest BCUT2D eigenvalue weighted by atomic mass is 9.77. The third-order valence-electron chi connectivity index (χ3n) is 12.2. The molecule has 0 amide bonds. The number of benzene rings is 7. The third-order valence-corrected chi connectivity index (χ3v) is 12.2. The summed E-state index contributed by atoms with van der Waals surface area (Å²) in [4.78, 5) is 9.68. The monoisotopic (exact) mass is 751 g/mol. The normalized spacial score (nSPS) is 13.3. The van der Waals surface area contributed by atoms with Gasteiger partial charge in [-0.2, -0.15) is 0 Å². The number of rotatable bonds is 8. The summed E-state index contributed by atoms with van der Waals surface area (Å²) in [6.07, 6.45) is 0. The number of hydrogen-bond donors (Lipinski definition) is 0. The van der Waals surface area contributed by atoms with E-state index in [9.17, 15) is 0 Å². The van der Waals surface area contributed by atoms with Crippen LogP contribution in [0.5, 0.6) is 0 Å². The second kappa shape index (κ2) is 14.3. The second-order valence-electron chi connectivity index (χ2n) is 16.7. The third kappa shape index (κ3) is 6.05. The van der Waals surface area contributed by atoms with E-state index in [0.29, 0.717) is 23.2 Å². The number of anilines is 3. The van der Waals surface area contributed by atoms with Gasteiger partial charge in [0, 0.05) is 44.7 Å². The summed E-state index contributed by atoms with van der Waals surface area (Å²) in [7, 11) is 0. The van der Waals surface area contributed by atoms with Gasteiger partial charge < -0.3 is 9.32 Å². The van der Waals surface area contributed by atoms with Crippen LogP contribution >= 0.6 is 0 Å². The van der Waals surface area contributed by atoms with Crippen LogP contribution in [0.25, 0.3) is 42.8 Å². The first-order chi connectivity index (χ1) is 28.1. The lowest BCUT2D eigenvalue weighted by Crippen LogP contribution is -2.17. The zero-order valence-electron chi connectivity index (χ0n) is 33.8. The SMILES string of the molecule is [C-]#[N+]c1ccc(C(c2ccc(C(C)C)cc2)c2cc3c(c4c2oc2ccccc24)C(C)(C)c2cc(N(c4ccc([N+]#[C-])cc4)c4ccc(C(C)C)cc4)ccc2-3)cc1. The van der Waals surface area contributed by atoms with Gasteiger partial charge in [-0.1, -0.05) is 139 Å². The first-order valence-electron chi connectivity index (χ1n) is 20.2. The zero-order chi connectivity index (χ0) is 40.3. The van der Waals surface area contributed by atoms with Crippen molar-refractivity contribution < 1.29 is 4.42 Å². The molecule has 9 rings (SSSR count). The summed E-state index contributed by atoms with van der Waals surface area (Å²) < 4.78 is 6.98. The van der Waals surface area contributed by atoms with Gasteiger partial charge in [0.2, 0.25) is 0 Å². The summed E-state index contributed by atoms with van der Waals surface area (Å²) in [5.74, 6) is 0.714. The minimum atomic E-state index is -0.364. The molecule has 282 valence electrons. The minimum Gasteiger partial charge on any atom is -0.456 e. The molecular formula is C54H45N3O.